The summed E-state index contributed by atoms with van der Waals surface area (Å²) in [6.45, 7) is 6.79. The van der Waals surface area contributed by atoms with Gasteiger partial charge in [0.2, 0.25) is 10.0 Å². The molecule has 0 fully saturated rings. The standard InChI is InChI=1S/C11H23NO5S/c1-10(2,3)5-6-18(16,17)12-8-11(4,15)7-9(13)14/h12,15H,5-8H2,1-4H3,(H,13,14). The zero-order valence-corrected chi connectivity index (χ0v) is 12.2. The number of nitrogens with one attached hydrogen (secondary N) is 1. The topological polar surface area (TPSA) is 104 Å². The Kier molecular flexibility index (Phi) is 5.77. The van der Waals surface area contributed by atoms with E-state index in [0.717, 1.165) is 0 Å². The van der Waals surface area contributed by atoms with E-state index in [0.29, 0.717) is 6.42 Å². The van der Waals surface area contributed by atoms with E-state index in [2.05, 4.69) is 4.72 Å². The van der Waals surface area contributed by atoms with Gasteiger partial charge in [0.1, 0.15) is 0 Å². The van der Waals surface area contributed by atoms with Crippen LogP contribution in [0.5, 0.6) is 0 Å². The number of rotatable bonds is 7. The number of sulfonamides is 1. The first-order valence-electron chi connectivity index (χ1n) is 5.75. The first-order valence-corrected chi connectivity index (χ1v) is 7.40. The Balaban J connectivity index is 4.31. The van der Waals surface area contributed by atoms with Crippen LogP contribution in [-0.2, 0) is 14.8 Å². The van der Waals surface area contributed by atoms with E-state index in [9.17, 15) is 18.3 Å². The molecule has 1 atom stereocenters. The van der Waals surface area contributed by atoms with Gasteiger partial charge in [-0.05, 0) is 18.8 Å². The summed E-state index contributed by atoms with van der Waals surface area (Å²) in [6, 6.07) is 0. The molecule has 0 aromatic rings. The van der Waals surface area contributed by atoms with Crippen LogP contribution in [0.3, 0.4) is 0 Å². The van der Waals surface area contributed by atoms with E-state index in [1.54, 1.807) is 0 Å². The summed E-state index contributed by atoms with van der Waals surface area (Å²) >= 11 is 0. The molecule has 108 valence electrons. The van der Waals surface area contributed by atoms with Gasteiger partial charge in [0.25, 0.3) is 0 Å². The molecular weight excluding hydrogens is 258 g/mol. The average molecular weight is 281 g/mol. The van der Waals surface area contributed by atoms with Crippen LogP contribution < -0.4 is 4.72 Å². The molecule has 0 saturated carbocycles. The quantitative estimate of drug-likeness (QED) is 0.633. The Morgan fingerprint density at radius 1 is 1.22 bits per heavy atom. The van der Waals surface area contributed by atoms with Crippen LogP contribution in [0.2, 0.25) is 0 Å². The fourth-order valence-corrected chi connectivity index (χ4v) is 2.72. The largest absolute Gasteiger partial charge is 0.481 e. The minimum Gasteiger partial charge on any atom is -0.481 e. The SMILES string of the molecule is CC(C)(C)CCS(=O)(=O)NCC(C)(O)CC(=O)O. The van der Waals surface area contributed by atoms with E-state index in [1.807, 2.05) is 20.8 Å². The van der Waals surface area contributed by atoms with Crippen LogP contribution in [0.1, 0.15) is 40.5 Å². The Hall–Kier alpha value is -0.660. The van der Waals surface area contributed by atoms with Crippen LogP contribution in [0.25, 0.3) is 0 Å². The third kappa shape index (κ3) is 9.38. The van der Waals surface area contributed by atoms with E-state index in [4.69, 9.17) is 5.11 Å². The van der Waals surface area contributed by atoms with E-state index < -0.39 is 28.0 Å². The van der Waals surface area contributed by atoms with Gasteiger partial charge in [-0.3, -0.25) is 4.79 Å². The summed E-state index contributed by atoms with van der Waals surface area (Å²) in [5.41, 5.74) is -1.68. The first kappa shape index (κ1) is 17.3. The third-order valence-electron chi connectivity index (χ3n) is 2.33. The van der Waals surface area contributed by atoms with Crippen molar-refractivity contribution in [1.82, 2.24) is 4.72 Å². The summed E-state index contributed by atoms with van der Waals surface area (Å²) < 4.78 is 25.5. The summed E-state index contributed by atoms with van der Waals surface area (Å²) in [4.78, 5) is 10.5. The number of carboxylic acids is 1. The first-order chi connectivity index (χ1) is 7.83. The van der Waals surface area contributed by atoms with E-state index >= 15 is 0 Å². The lowest BCUT2D eigenvalue weighted by Gasteiger charge is -2.22. The molecule has 6 nitrogen and oxygen atoms in total. The summed E-state index contributed by atoms with van der Waals surface area (Å²) in [5.74, 6) is -1.21. The minimum atomic E-state index is -3.49. The minimum absolute atomic E-state index is 0.0420. The molecule has 0 aliphatic carbocycles. The number of carbonyl (C=O) groups is 1. The van der Waals surface area contributed by atoms with Crippen molar-refractivity contribution in [1.29, 1.82) is 0 Å². The molecule has 0 spiro atoms. The van der Waals surface area contributed by atoms with Crippen molar-refractivity contribution in [3.8, 4) is 0 Å². The molecule has 0 aromatic heterocycles. The highest BCUT2D eigenvalue weighted by Crippen LogP contribution is 2.19. The molecule has 0 rings (SSSR count). The predicted octanol–water partition coefficient (Wildman–Crippen LogP) is 0.568. The monoisotopic (exact) mass is 281 g/mol. The lowest BCUT2D eigenvalue weighted by molar-refractivity contribution is -0.141. The summed E-state index contributed by atoms with van der Waals surface area (Å²) in [7, 11) is -3.49. The fraction of sp³-hybridized carbons (Fsp3) is 0.909. The molecule has 0 aliphatic heterocycles. The van der Waals surface area contributed by atoms with Crippen molar-refractivity contribution in [2.45, 2.75) is 46.1 Å². The molecule has 0 bridgehead atoms. The second kappa shape index (κ2) is 5.99. The molecule has 3 N–H and O–H groups in total. The summed E-state index contributed by atoms with van der Waals surface area (Å²) in [5, 5.41) is 18.2. The lowest BCUT2D eigenvalue weighted by atomic mass is 9.94. The Morgan fingerprint density at radius 2 is 1.72 bits per heavy atom. The van der Waals surface area contributed by atoms with E-state index in [-0.39, 0.29) is 17.7 Å². The van der Waals surface area contributed by atoms with Crippen molar-refractivity contribution in [2.24, 2.45) is 5.41 Å². The van der Waals surface area contributed by atoms with Crippen molar-refractivity contribution >= 4 is 16.0 Å². The highest BCUT2D eigenvalue weighted by Gasteiger charge is 2.26. The van der Waals surface area contributed by atoms with Crippen molar-refractivity contribution in [3.05, 3.63) is 0 Å². The lowest BCUT2D eigenvalue weighted by Crippen LogP contribution is -2.43. The second-order valence-electron chi connectivity index (χ2n) is 6.02. The van der Waals surface area contributed by atoms with Crippen LogP contribution >= 0.6 is 0 Å². The van der Waals surface area contributed by atoms with Gasteiger partial charge in [0.15, 0.2) is 0 Å². The number of aliphatic hydroxyl groups is 1. The Bertz CT molecular complexity index is 381. The van der Waals surface area contributed by atoms with E-state index in [1.165, 1.54) is 6.92 Å². The van der Waals surface area contributed by atoms with Crippen LogP contribution in [0.4, 0.5) is 0 Å². The zero-order valence-electron chi connectivity index (χ0n) is 11.4. The Labute approximate surface area is 108 Å². The van der Waals surface area contributed by atoms with Crippen LogP contribution in [0.15, 0.2) is 0 Å². The van der Waals surface area contributed by atoms with Crippen molar-refractivity contribution < 1.29 is 23.4 Å². The summed E-state index contributed by atoms with van der Waals surface area (Å²) in [6.07, 6.45) is -0.0157. The van der Waals surface area contributed by atoms with Crippen molar-refractivity contribution in [3.63, 3.8) is 0 Å². The molecule has 0 aromatic carbocycles. The fourth-order valence-electron chi connectivity index (χ4n) is 1.17. The second-order valence-corrected chi connectivity index (χ2v) is 7.94. The van der Waals surface area contributed by atoms with Gasteiger partial charge in [-0.2, -0.15) is 0 Å². The zero-order chi connectivity index (χ0) is 14.6. The van der Waals surface area contributed by atoms with Crippen LogP contribution in [0, 0.1) is 5.41 Å². The smallest absolute Gasteiger partial charge is 0.306 e. The van der Waals surface area contributed by atoms with Gasteiger partial charge in [-0.15, -0.1) is 0 Å². The Morgan fingerprint density at radius 3 is 2.11 bits per heavy atom. The molecule has 0 radical (unpaired) electrons. The maximum absolute atomic E-state index is 11.6. The maximum Gasteiger partial charge on any atom is 0.306 e. The van der Waals surface area contributed by atoms with Gasteiger partial charge in [0, 0.05) is 6.54 Å². The molecular formula is C11H23NO5S. The number of hydrogen-bond acceptors (Lipinski definition) is 4. The molecule has 18 heavy (non-hydrogen) atoms. The number of aliphatic carboxylic acids is 1. The molecule has 0 amide bonds. The maximum atomic E-state index is 11.6. The average Bonchev–Trinajstić information content (AvgIpc) is 2.09. The van der Waals surface area contributed by atoms with Crippen molar-refractivity contribution in [2.75, 3.05) is 12.3 Å². The van der Waals surface area contributed by atoms with Gasteiger partial charge in [-0.25, -0.2) is 13.1 Å². The molecule has 0 aliphatic rings. The van der Waals surface area contributed by atoms with Gasteiger partial charge >= 0.3 is 5.97 Å². The van der Waals surface area contributed by atoms with Gasteiger partial charge in [0.05, 0.1) is 17.8 Å². The third-order valence-corrected chi connectivity index (χ3v) is 3.65. The molecule has 0 heterocycles. The van der Waals surface area contributed by atoms with Gasteiger partial charge < -0.3 is 10.2 Å². The van der Waals surface area contributed by atoms with Crippen LogP contribution in [-0.4, -0.2) is 42.5 Å². The van der Waals surface area contributed by atoms with Gasteiger partial charge in [-0.1, -0.05) is 20.8 Å². The highest BCUT2D eigenvalue weighted by molar-refractivity contribution is 7.89. The molecule has 0 saturated heterocycles. The molecule has 7 heteroatoms. The number of carboxylic acid groups (broad SMARTS) is 1. The molecule has 1 unspecified atom stereocenters. The normalized spacial score (nSPS) is 16.3. The predicted molar refractivity (Wildman–Crippen MR) is 68.7 cm³/mol. The highest BCUT2D eigenvalue weighted by atomic mass is 32.2. The number of hydrogen-bond donors (Lipinski definition) is 3.